The Labute approximate surface area is 236 Å². The van der Waals surface area contributed by atoms with Crippen molar-refractivity contribution in [3.8, 4) is 5.69 Å². The van der Waals surface area contributed by atoms with Gasteiger partial charge >= 0.3 is 0 Å². The maximum atomic E-state index is 6.35. The van der Waals surface area contributed by atoms with Crippen molar-refractivity contribution in [3.05, 3.63) is 127 Å². The average Bonchev–Trinajstić information content (AvgIpc) is 3.56. The number of anilines is 3. The molecule has 8 aromatic rings. The van der Waals surface area contributed by atoms with Crippen LogP contribution in [0.25, 0.3) is 49.4 Å². The molecule has 0 spiro atoms. The van der Waals surface area contributed by atoms with Crippen LogP contribution in [0, 0.1) is 6.92 Å². The Hall–Kier alpha value is -5.22. The zero-order valence-electron chi connectivity index (χ0n) is 22.4. The number of nitrogens with zero attached hydrogens (tertiary/aromatic N) is 2. The zero-order chi connectivity index (χ0) is 26.8. The van der Waals surface area contributed by atoms with Crippen molar-refractivity contribution in [2.45, 2.75) is 6.92 Å². The summed E-state index contributed by atoms with van der Waals surface area (Å²) in [5.74, 6) is 0. The summed E-state index contributed by atoms with van der Waals surface area (Å²) >= 11 is 0. The zero-order valence-corrected chi connectivity index (χ0v) is 22.4. The van der Waals surface area contributed by atoms with Gasteiger partial charge in [0.1, 0.15) is 11.2 Å². The van der Waals surface area contributed by atoms with E-state index in [1.807, 2.05) is 6.07 Å². The molecule has 10 rings (SSSR count). The number of aromatic nitrogens is 1. The van der Waals surface area contributed by atoms with Crippen LogP contribution in [0.1, 0.15) is 5.56 Å². The van der Waals surface area contributed by atoms with Gasteiger partial charge < -0.3 is 13.9 Å². The van der Waals surface area contributed by atoms with Crippen LogP contribution in [0.5, 0.6) is 0 Å². The topological polar surface area (TPSA) is 21.3 Å². The first-order valence-electron chi connectivity index (χ1n) is 14.2. The van der Waals surface area contributed by atoms with E-state index in [0.717, 1.165) is 11.2 Å². The minimum atomic E-state index is 0.147. The van der Waals surface area contributed by atoms with Crippen LogP contribution in [0.4, 0.5) is 17.1 Å². The van der Waals surface area contributed by atoms with E-state index in [1.165, 1.54) is 77.3 Å². The Morgan fingerprint density at radius 3 is 2.27 bits per heavy atom. The summed E-state index contributed by atoms with van der Waals surface area (Å²) in [4.78, 5) is 2.45. The lowest BCUT2D eigenvalue weighted by Gasteiger charge is -2.40. The number of furan rings is 1. The Balaban J connectivity index is 1.42. The molecule has 2 aliphatic rings. The van der Waals surface area contributed by atoms with E-state index in [4.69, 9.17) is 4.42 Å². The predicted octanol–water partition coefficient (Wildman–Crippen LogP) is 7.60. The molecule has 4 heterocycles. The fourth-order valence-electron chi connectivity index (χ4n) is 7.71. The van der Waals surface area contributed by atoms with E-state index in [0.29, 0.717) is 0 Å². The van der Waals surface area contributed by atoms with Crippen molar-refractivity contribution in [3.63, 3.8) is 0 Å². The second kappa shape index (κ2) is 7.49. The van der Waals surface area contributed by atoms with Crippen molar-refractivity contribution < 1.29 is 4.42 Å². The number of para-hydroxylation sites is 4. The second-order valence-corrected chi connectivity index (χ2v) is 11.4. The van der Waals surface area contributed by atoms with E-state index in [2.05, 4.69) is 132 Å². The van der Waals surface area contributed by atoms with E-state index in [1.54, 1.807) is 0 Å². The normalized spacial score (nSPS) is 13.4. The minimum Gasteiger partial charge on any atom is -0.456 e. The second-order valence-electron chi connectivity index (χ2n) is 11.4. The van der Waals surface area contributed by atoms with Gasteiger partial charge in [-0.3, -0.25) is 0 Å². The van der Waals surface area contributed by atoms with E-state index in [9.17, 15) is 0 Å². The third-order valence-electron chi connectivity index (χ3n) is 9.19. The molecule has 0 bridgehead atoms. The summed E-state index contributed by atoms with van der Waals surface area (Å²) in [6.45, 7) is 2.37. The van der Waals surface area contributed by atoms with Crippen molar-refractivity contribution in [1.82, 2.24) is 4.57 Å². The number of benzene rings is 6. The highest BCUT2D eigenvalue weighted by atomic mass is 16.3. The fraction of sp³-hybridized carbons (Fsp3) is 0.0270. The van der Waals surface area contributed by atoms with Gasteiger partial charge in [0.15, 0.2) is 0 Å². The summed E-state index contributed by atoms with van der Waals surface area (Å²) in [6, 6.07) is 44.2. The molecule has 0 fully saturated rings. The highest BCUT2D eigenvalue weighted by Crippen LogP contribution is 2.44. The monoisotopic (exact) mass is 522 g/mol. The molecule has 41 heavy (non-hydrogen) atoms. The quantitative estimate of drug-likeness (QED) is 0.207. The molecule has 0 atom stereocenters. The summed E-state index contributed by atoms with van der Waals surface area (Å²) in [7, 11) is 0. The standard InChI is InChI=1S/C37H23BN2O/c1-22-20-30-36-31(21-22)40-29-18-19-33-35(24-12-5-8-17-32(24)41-33)34(29)25-13-9-15-27(37(25)40)38(36)26-14-6-7-16-28(26)39(30)23-10-3-2-4-11-23/h2-21H,1H3. The van der Waals surface area contributed by atoms with Crippen molar-refractivity contribution in [2.24, 2.45) is 0 Å². The molecule has 0 saturated heterocycles. The van der Waals surface area contributed by atoms with Gasteiger partial charge in [0.25, 0.3) is 6.71 Å². The van der Waals surface area contributed by atoms with Crippen LogP contribution in [0.2, 0.25) is 0 Å². The number of fused-ring (bicyclic) bond motifs is 11. The summed E-state index contributed by atoms with van der Waals surface area (Å²) in [5, 5.41) is 4.93. The SMILES string of the molecule is Cc1cc2c3c(c1)-n1c4ccc5oc6ccccc6c5c4c4cccc(c41)B3c1ccccc1N2c1ccccc1. The van der Waals surface area contributed by atoms with E-state index in [-0.39, 0.29) is 6.71 Å². The minimum absolute atomic E-state index is 0.147. The lowest BCUT2D eigenvalue weighted by Crippen LogP contribution is -2.60. The van der Waals surface area contributed by atoms with Gasteiger partial charge in [0, 0.05) is 49.8 Å². The third-order valence-corrected chi connectivity index (χ3v) is 9.19. The highest BCUT2D eigenvalue weighted by Gasteiger charge is 2.42. The maximum Gasteiger partial charge on any atom is 0.252 e. The lowest BCUT2D eigenvalue weighted by atomic mass is 9.34. The van der Waals surface area contributed by atoms with Gasteiger partial charge in [-0.25, -0.2) is 0 Å². The van der Waals surface area contributed by atoms with Gasteiger partial charge in [-0.2, -0.15) is 0 Å². The summed E-state index contributed by atoms with van der Waals surface area (Å²) in [6.07, 6.45) is 0. The maximum absolute atomic E-state index is 6.35. The average molecular weight is 522 g/mol. The number of rotatable bonds is 1. The van der Waals surface area contributed by atoms with Gasteiger partial charge in [-0.1, -0.05) is 72.8 Å². The van der Waals surface area contributed by atoms with Gasteiger partial charge in [-0.05, 0) is 77.4 Å². The molecular formula is C37H23BN2O. The first-order chi connectivity index (χ1) is 20.3. The lowest BCUT2D eigenvalue weighted by molar-refractivity contribution is 0.669. The predicted molar refractivity (Wildman–Crippen MR) is 172 cm³/mol. The molecule has 3 nitrogen and oxygen atoms in total. The number of aryl methyl sites for hydroxylation is 1. The molecular weight excluding hydrogens is 499 g/mol. The fourth-order valence-corrected chi connectivity index (χ4v) is 7.71. The van der Waals surface area contributed by atoms with Gasteiger partial charge in [0.05, 0.1) is 5.52 Å². The number of hydrogen-bond donors (Lipinski definition) is 0. The Bertz CT molecular complexity index is 2400. The first-order valence-corrected chi connectivity index (χ1v) is 14.2. The van der Waals surface area contributed by atoms with Crippen LogP contribution < -0.4 is 21.3 Å². The first kappa shape index (κ1) is 21.6. The molecule has 2 aromatic heterocycles. The molecule has 6 aromatic carbocycles. The van der Waals surface area contributed by atoms with Crippen LogP contribution in [-0.4, -0.2) is 11.3 Å². The third kappa shape index (κ3) is 2.61. The largest absolute Gasteiger partial charge is 0.456 e. The van der Waals surface area contributed by atoms with Crippen LogP contribution >= 0.6 is 0 Å². The molecule has 4 heteroatoms. The summed E-state index contributed by atoms with van der Waals surface area (Å²) in [5.41, 5.74) is 14.7. The molecule has 0 aliphatic carbocycles. The molecule has 0 saturated carbocycles. The van der Waals surface area contributed by atoms with Crippen LogP contribution in [0.3, 0.4) is 0 Å². The molecule has 0 amide bonds. The van der Waals surface area contributed by atoms with Crippen LogP contribution in [0.15, 0.2) is 126 Å². The van der Waals surface area contributed by atoms with Crippen molar-refractivity contribution >= 4 is 83.9 Å². The molecule has 0 N–H and O–H groups in total. The Kier molecular flexibility index (Phi) is 3.95. The van der Waals surface area contributed by atoms with Crippen LogP contribution in [-0.2, 0) is 0 Å². The van der Waals surface area contributed by atoms with Gasteiger partial charge in [0.2, 0.25) is 0 Å². The molecule has 190 valence electrons. The van der Waals surface area contributed by atoms with E-state index < -0.39 is 0 Å². The van der Waals surface area contributed by atoms with Crippen molar-refractivity contribution in [1.29, 1.82) is 0 Å². The van der Waals surface area contributed by atoms with Gasteiger partial charge in [-0.15, -0.1) is 0 Å². The molecule has 2 aliphatic heterocycles. The van der Waals surface area contributed by atoms with Crippen molar-refractivity contribution in [2.75, 3.05) is 4.90 Å². The Morgan fingerprint density at radius 1 is 0.585 bits per heavy atom. The smallest absolute Gasteiger partial charge is 0.252 e. The highest BCUT2D eigenvalue weighted by molar-refractivity contribution is 7.00. The molecule has 0 unspecified atom stereocenters. The molecule has 0 radical (unpaired) electrons. The summed E-state index contributed by atoms with van der Waals surface area (Å²) < 4.78 is 8.88. The Morgan fingerprint density at radius 2 is 1.34 bits per heavy atom. The van der Waals surface area contributed by atoms with E-state index >= 15 is 0 Å². The number of hydrogen-bond acceptors (Lipinski definition) is 2.